The normalized spacial score (nSPS) is 28.1. The molecule has 0 amide bonds. The maximum atomic E-state index is 8.86. The molecule has 5 nitrogen and oxygen atoms in total. The monoisotopic (exact) mass is 183 g/mol. The van der Waals surface area contributed by atoms with E-state index in [1.807, 2.05) is 4.57 Å². The molecule has 1 aromatic rings. The van der Waals surface area contributed by atoms with Crippen LogP contribution in [0.25, 0.3) is 0 Å². The largest absolute Gasteiger partial charge is 0.394 e. The number of nitrogens with zero attached hydrogens (tertiary/aromatic N) is 2. The number of hydrogen-bond donors (Lipinski definition) is 2. The summed E-state index contributed by atoms with van der Waals surface area (Å²) in [5, 5.41) is 8.86. The summed E-state index contributed by atoms with van der Waals surface area (Å²) in [5.74, 6) is 0.496. The Morgan fingerprint density at radius 3 is 3.08 bits per heavy atom. The number of ether oxygens (including phenoxy) is 1. The van der Waals surface area contributed by atoms with Gasteiger partial charge in [-0.1, -0.05) is 0 Å². The van der Waals surface area contributed by atoms with E-state index in [0.717, 1.165) is 12.8 Å². The number of nitrogen functional groups attached to an aromatic ring is 1. The molecular weight excluding hydrogens is 170 g/mol. The van der Waals surface area contributed by atoms with Crippen molar-refractivity contribution in [1.82, 2.24) is 9.55 Å². The third-order valence-electron chi connectivity index (χ3n) is 2.24. The zero-order chi connectivity index (χ0) is 9.26. The van der Waals surface area contributed by atoms with Gasteiger partial charge in [-0.3, -0.25) is 0 Å². The number of hydrogen-bond acceptors (Lipinski definition) is 4. The number of rotatable bonds is 2. The molecule has 1 fully saturated rings. The zero-order valence-corrected chi connectivity index (χ0v) is 7.26. The Hall–Kier alpha value is -1.07. The van der Waals surface area contributed by atoms with Gasteiger partial charge in [0.25, 0.3) is 0 Å². The molecular formula is C8H13N3O2. The Morgan fingerprint density at radius 1 is 1.69 bits per heavy atom. The molecule has 0 bridgehead atoms. The van der Waals surface area contributed by atoms with Gasteiger partial charge in [0, 0.05) is 6.20 Å². The molecule has 5 heteroatoms. The van der Waals surface area contributed by atoms with Crippen LogP contribution in [0.1, 0.15) is 19.1 Å². The minimum absolute atomic E-state index is 0.0121. The van der Waals surface area contributed by atoms with Crippen LogP contribution in [0.2, 0.25) is 0 Å². The first kappa shape index (κ1) is 8.52. The van der Waals surface area contributed by atoms with Crippen molar-refractivity contribution in [2.45, 2.75) is 25.2 Å². The topological polar surface area (TPSA) is 73.3 Å². The van der Waals surface area contributed by atoms with E-state index in [1.165, 1.54) is 0 Å². The van der Waals surface area contributed by atoms with Crippen LogP contribution in [0, 0.1) is 0 Å². The average Bonchev–Trinajstić information content (AvgIpc) is 2.71. The fourth-order valence-corrected chi connectivity index (χ4v) is 1.55. The van der Waals surface area contributed by atoms with Gasteiger partial charge >= 0.3 is 0 Å². The Bertz CT molecular complexity index is 287. The van der Waals surface area contributed by atoms with Crippen molar-refractivity contribution in [3.8, 4) is 0 Å². The highest BCUT2D eigenvalue weighted by atomic mass is 16.5. The van der Waals surface area contributed by atoms with Gasteiger partial charge in [-0.05, 0) is 12.8 Å². The van der Waals surface area contributed by atoms with Gasteiger partial charge in [0.15, 0.2) is 0 Å². The second-order valence-corrected chi connectivity index (χ2v) is 3.22. The molecule has 0 unspecified atom stereocenters. The van der Waals surface area contributed by atoms with Crippen LogP contribution >= 0.6 is 0 Å². The summed E-state index contributed by atoms with van der Waals surface area (Å²) < 4.78 is 7.37. The summed E-state index contributed by atoms with van der Waals surface area (Å²) in [6.45, 7) is 0.0840. The van der Waals surface area contributed by atoms with Crippen molar-refractivity contribution in [2.75, 3.05) is 12.3 Å². The lowest BCUT2D eigenvalue weighted by Crippen LogP contribution is -2.13. The third-order valence-corrected chi connectivity index (χ3v) is 2.24. The fourth-order valence-electron chi connectivity index (χ4n) is 1.55. The predicted octanol–water partition coefficient (Wildman–Crippen LogP) is 0.135. The summed E-state index contributed by atoms with van der Waals surface area (Å²) in [5.41, 5.74) is 5.48. The van der Waals surface area contributed by atoms with Gasteiger partial charge < -0.3 is 20.1 Å². The van der Waals surface area contributed by atoms with Crippen LogP contribution in [0.3, 0.4) is 0 Å². The number of anilines is 1. The smallest absolute Gasteiger partial charge is 0.141 e. The number of imidazole rings is 1. The second kappa shape index (κ2) is 3.35. The molecule has 2 atom stereocenters. The first-order valence-corrected chi connectivity index (χ1v) is 4.35. The molecule has 0 spiro atoms. The Kier molecular flexibility index (Phi) is 2.20. The van der Waals surface area contributed by atoms with E-state index >= 15 is 0 Å². The third kappa shape index (κ3) is 1.66. The lowest BCUT2D eigenvalue weighted by atomic mass is 10.2. The van der Waals surface area contributed by atoms with Crippen LogP contribution in [-0.2, 0) is 4.74 Å². The van der Waals surface area contributed by atoms with Gasteiger partial charge in [-0.2, -0.15) is 0 Å². The molecule has 3 N–H and O–H groups in total. The summed E-state index contributed by atoms with van der Waals surface area (Å²) in [6, 6.07) is 0. The maximum absolute atomic E-state index is 8.86. The second-order valence-electron chi connectivity index (χ2n) is 3.22. The van der Waals surface area contributed by atoms with Gasteiger partial charge in [-0.25, -0.2) is 4.98 Å². The van der Waals surface area contributed by atoms with Gasteiger partial charge in [0.2, 0.25) is 0 Å². The Balaban J connectivity index is 2.03. The van der Waals surface area contributed by atoms with Crippen molar-refractivity contribution < 1.29 is 9.84 Å². The van der Waals surface area contributed by atoms with Gasteiger partial charge in [0.1, 0.15) is 12.0 Å². The van der Waals surface area contributed by atoms with Crippen molar-refractivity contribution in [3.63, 3.8) is 0 Å². The van der Waals surface area contributed by atoms with E-state index in [4.69, 9.17) is 15.6 Å². The lowest BCUT2D eigenvalue weighted by molar-refractivity contribution is -0.0223. The quantitative estimate of drug-likeness (QED) is 0.683. The average molecular weight is 183 g/mol. The van der Waals surface area contributed by atoms with Crippen molar-refractivity contribution in [3.05, 3.63) is 12.5 Å². The molecule has 0 aromatic carbocycles. The molecule has 1 aromatic heterocycles. The van der Waals surface area contributed by atoms with E-state index < -0.39 is 0 Å². The van der Waals surface area contributed by atoms with Crippen LogP contribution < -0.4 is 5.73 Å². The summed E-state index contributed by atoms with van der Waals surface area (Å²) in [7, 11) is 0. The number of nitrogens with two attached hydrogens (primary N) is 1. The summed E-state index contributed by atoms with van der Waals surface area (Å²) in [6.07, 6.45) is 5.14. The standard InChI is InChI=1S/C8H13N3O2/c9-7-3-11(5-10-7)8-2-1-6(4-12)13-8/h3,5-6,8,12H,1-2,4,9H2/t6-,8-/m0/s1. The maximum Gasteiger partial charge on any atom is 0.141 e. The zero-order valence-electron chi connectivity index (χ0n) is 7.26. The molecule has 1 saturated heterocycles. The highest BCUT2D eigenvalue weighted by Gasteiger charge is 2.25. The van der Waals surface area contributed by atoms with Crippen LogP contribution in [-0.4, -0.2) is 27.4 Å². The van der Waals surface area contributed by atoms with E-state index in [9.17, 15) is 0 Å². The Morgan fingerprint density at radius 2 is 2.54 bits per heavy atom. The van der Waals surface area contributed by atoms with Crippen LogP contribution in [0.4, 0.5) is 5.82 Å². The molecule has 2 rings (SSSR count). The van der Waals surface area contributed by atoms with Crippen molar-refractivity contribution >= 4 is 5.82 Å². The number of aliphatic hydroxyl groups excluding tert-OH is 1. The van der Waals surface area contributed by atoms with Crippen molar-refractivity contribution in [2.24, 2.45) is 0 Å². The molecule has 0 aliphatic carbocycles. The molecule has 1 aliphatic heterocycles. The van der Waals surface area contributed by atoms with E-state index in [-0.39, 0.29) is 18.9 Å². The molecule has 1 aliphatic rings. The number of aliphatic hydroxyl groups is 1. The fraction of sp³-hybridized carbons (Fsp3) is 0.625. The first-order valence-electron chi connectivity index (χ1n) is 4.35. The summed E-state index contributed by atoms with van der Waals surface area (Å²) >= 11 is 0. The number of aromatic nitrogens is 2. The highest BCUT2D eigenvalue weighted by Crippen LogP contribution is 2.27. The molecule has 72 valence electrons. The molecule has 2 heterocycles. The van der Waals surface area contributed by atoms with Crippen LogP contribution in [0.5, 0.6) is 0 Å². The Labute approximate surface area is 76.1 Å². The molecule has 0 radical (unpaired) electrons. The van der Waals surface area contributed by atoms with Crippen molar-refractivity contribution in [1.29, 1.82) is 0 Å². The predicted molar refractivity (Wildman–Crippen MR) is 46.9 cm³/mol. The first-order chi connectivity index (χ1) is 6.29. The van der Waals surface area contributed by atoms with Crippen LogP contribution in [0.15, 0.2) is 12.5 Å². The SMILES string of the molecule is Nc1cn([C@@H]2CC[C@@H](CO)O2)cn1. The van der Waals surface area contributed by atoms with E-state index in [1.54, 1.807) is 12.5 Å². The molecule has 13 heavy (non-hydrogen) atoms. The lowest BCUT2D eigenvalue weighted by Gasteiger charge is -2.12. The van der Waals surface area contributed by atoms with Gasteiger partial charge in [0.05, 0.1) is 19.0 Å². The minimum atomic E-state index is -0.0337. The van der Waals surface area contributed by atoms with E-state index in [2.05, 4.69) is 4.98 Å². The molecule has 0 saturated carbocycles. The van der Waals surface area contributed by atoms with E-state index in [0.29, 0.717) is 5.82 Å². The summed E-state index contributed by atoms with van der Waals surface area (Å²) in [4.78, 5) is 3.91. The minimum Gasteiger partial charge on any atom is -0.394 e. The highest BCUT2D eigenvalue weighted by molar-refractivity contribution is 5.22. The van der Waals surface area contributed by atoms with Gasteiger partial charge in [-0.15, -0.1) is 0 Å².